The molecule has 12 amide bonds. The Balaban J connectivity index is 1.31. The molecule has 111 heavy (non-hydrogen) atoms. The monoisotopic (exact) mass is 1580 g/mol. The van der Waals surface area contributed by atoms with Crippen LogP contribution in [0.1, 0.15) is 215 Å². The van der Waals surface area contributed by atoms with E-state index in [4.69, 9.17) is 9.47 Å². The number of rotatable bonds is 17. The number of ether oxygens (including phenoxy) is 2. The third kappa shape index (κ3) is 24.8. The molecule has 3 saturated heterocycles. The van der Waals surface area contributed by atoms with Gasteiger partial charge >= 0.3 is 12.8 Å². The highest BCUT2D eigenvalue weighted by Crippen LogP contribution is 2.43. The van der Waals surface area contributed by atoms with Crippen LogP contribution >= 0.6 is 0 Å². The molecule has 1 spiro atoms. The number of halogens is 6. The van der Waals surface area contributed by atoms with E-state index in [1.54, 1.807) is 11.8 Å². The predicted octanol–water partition coefficient (Wildman–Crippen LogP) is 7.47. The second kappa shape index (κ2) is 41.4. The number of piperidine rings is 1. The van der Waals surface area contributed by atoms with Gasteiger partial charge in [0, 0.05) is 82.0 Å². The molecule has 3 aliphatic heterocycles. The summed E-state index contributed by atoms with van der Waals surface area (Å²) in [5.41, 5.74) is -1.71. The third-order valence-corrected chi connectivity index (χ3v) is 24.8. The molecule has 26 nitrogen and oxygen atoms in total. The Hall–Kier alpha value is -6.86. The number of nitrogens with zero attached hydrogens (tertiary/aromatic N) is 9. The first-order valence-electron chi connectivity index (χ1n) is 40.8. The van der Waals surface area contributed by atoms with Gasteiger partial charge in [-0.05, 0) is 145 Å². The van der Waals surface area contributed by atoms with Crippen LogP contribution in [0, 0.1) is 41.4 Å². The van der Waals surface area contributed by atoms with Gasteiger partial charge in [0.25, 0.3) is 0 Å². The molecular formula is C79H128F6N12O14. The van der Waals surface area contributed by atoms with Crippen molar-refractivity contribution in [2.75, 3.05) is 95.2 Å². The fourth-order valence-corrected chi connectivity index (χ4v) is 17.6. The summed E-state index contributed by atoms with van der Waals surface area (Å²) < 4.78 is 95.6. The molecule has 3 unspecified atom stereocenters. The first-order chi connectivity index (χ1) is 52.2. The molecule has 630 valence electrons. The van der Waals surface area contributed by atoms with Crippen LogP contribution in [0.15, 0.2) is 0 Å². The summed E-state index contributed by atoms with van der Waals surface area (Å²) in [5, 5.41) is 8.72. The van der Waals surface area contributed by atoms with E-state index in [-0.39, 0.29) is 94.6 Å². The van der Waals surface area contributed by atoms with Gasteiger partial charge in [0.2, 0.25) is 70.9 Å². The van der Waals surface area contributed by atoms with Gasteiger partial charge in [-0.25, -0.2) is 4.39 Å². The maximum absolute atomic E-state index is 15.8. The molecule has 7 fully saturated rings. The number of hydrogen-bond acceptors (Lipinski definition) is 14. The molecule has 0 bridgehead atoms. The lowest BCUT2D eigenvalue weighted by atomic mass is 9.78. The van der Waals surface area contributed by atoms with E-state index >= 15 is 38.0 Å². The minimum atomic E-state index is -4.81. The molecule has 7 rings (SSSR count). The quantitative estimate of drug-likeness (QED) is 0.119. The summed E-state index contributed by atoms with van der Waals surface area (Å²) >= 11 is 0. The summed E-state index contributed by atoms with van der Waals surface area (Å²) in [6, 6.07) is -9.43. The summed E-state index contributed by atoms with van der Waals surface area (Å²) in [4.78, 5) is 192. The SMILES string of the molecule is CC[C@H](C)[C@@H]1NC(=O)[C@H](CC(C)C)N(C)C(=O)C[C@@H](C(=O)N2CCCCC2)N(C)C(=O)[C@H](CC(C)C)N(C)C(=O)C2(CCCC2)NC(=O)[C@@H]2C[C@@H](OCC3CCC(OC(F)F)CC3)CN2C(=O)[C@H](CCC2CCC(C(F)(F)F)C(F)C2)NC(=O)CN(C)C(=O)[C@H](CC2CCCCC2)N(C)C(=O)CN(C)C(=O)CN(C)C1=O. The second-order valence-electron chi connectivity index (χ2n) is 34.1. The fourth-order valence-electron chi connectivity index (χ4n) is 17.6. The normalized spacial score (nSPS) is 30.3. The van der Waals surface area contributed by atoms with Gasteiger partial charge in [0.15, 0.2) is 0 Å². The number of carbonyl (C=O) groups excluding carboxylic acids is 12. The zero-order chi connectivity index (χ0) is 82.1. The van der Waals surface area contributed by atoms with Crippen molar-refractivity contribution in [1.29, 1.82) is 0 Å². The number of nitrogens with one attached hydrogen (secondary N) is 3. The van der Waals surface area contributed by atoms with E-state index < -0.39 is 207 Å². The van der Waals surface area contributed by atoms with Gasteiger partial charge in [0.05, 0.1) is 44.2 Å². The molecular weight excluding hydrogens is 1450 g/mol. The Bertz CT molecular complexity index is 3180. The van der Waals surface area contributed by atoms with Crippen LogP contribution in [-0.2, 0) is 67.0 Å². The topological polar surface area (TPSA) is 289 Å². The van der Waals surface area contributed by atoms with Crippen molar-refractivity contribution in [3.05, 3.63) is 0 Å². The lowest BCUT2D eigenvalue weighted by Gasteiger charge is -2.41. The standard InChI is InChI=1S/C79H128F6N12O14/c1-14-50(6)68-75(108)91(9)45-66(100)89(7)46-67(101)93(11)62(40-51-23-17-15-18-24-51)72(105)90(8)44-64(98)86-58(32-28-52-27-31-56(57(80)39-52)79(83,84)85)71(104)97-43-55(110-47-53-25-29-54(30-26-53)111-77(81)82)41-60(97)70(103)88-78(33-19-20-34-78)76(109)95(13)61(38-49(4)5)73(106)94(12)63(74(107)96-35-21-16-22-36-96)42-65(99)92(10)59(37-48(2)3)69(102)87-68/h48-63,68,77H,14-47H2,1-13H3,(H,86,98)(H,87,102)(H,88,103)/t50-,52?,53?,54?,55+,56?,57?,58-,59-,60-,61-,62-,63-,68-/m0/s1. The molecule has 4 saturated carbocycles. The molecule has 7 aliphatic rings. The van der Waals surface area contributed by atoms with Crippen molar-refractivity contribution in [1.82, 2.24) is 60.0 Å². The second-order valence-corrected chi connectivity index (χ2v) is 34.1. The number of amides is 12. The van der Waals surface area contributed by atoms with E-state index in [0.717, 1.165) is 53.2 Å². The Morgan fingerprint density at radius 1 is 0.568 bits per heavy atom. The van der Waals surface area contributed by atoms with E-state index in [0.29, 0.717) is 70.9 Å². The lowest BCUT2D eigenvalue weighted by molar-refractivity contribution is -0.201. The predicted molar refractivity (Wildman–Crippen MR) is 401 cm³/mol. The first-order valence-corrected chi connectivity index (χ1v) is 40.8. The number of likely N-dealkylation sites (N-methyl/N-ethyl adjacent to an activating group) is 7. The van der Waals surface area contributed by atoms with Crippen LogP contribution in [0.3, 0.4) is 0 Å². The summed E-state index contributed by atoms with van der Waals surface area (Å²) in [6.45, 7) is 6.63. The minimum Gasteiger partial charge on any atom is -0.376 e. The average Bonchev–Trinajstić information content (AvgIpc) is 1.67. The highest BCUT2D eigenvalue weighted by Gasteiger charge is 2.53. The summed E-state index contributed by atoms with van der Waals surface area (Å²) in [7, 11) is 9.72. The summed E-state index contributed by atoms with van der Waals surface area (Å²) in [6.07, 6.45) is -1.29. The Morgan fingerprint density at radius 3 is 1.75 bits per heavy atom. The van der Waals surface area contributed by atoms with E-state index in [1.807, 2.05) is 34.6 Å². The van der Waals surface area contributed by atoms with Crippen LogP contribution in [0.5, 0.6) is 0 Å². The number of likely N-dealkylation sites (tertiary alicyclic amines) is 1. The van der Waals surface area contributed by atoms with Crippen molar-refractivity contribution >= 4 is 70.9 Å². The van der Waals surface area contributed by atoms with Gasteiger partial charge < -0.3 is 69.5 Å². The van der Waals surface area contributed by atoms with Crippen molar-refractivity contribution < 1.29 is 93.4 Å². The highest BCUT2D eigenvalue weighted by atomic mass is 19.4. The van der Waals surface area contributed by atoms with Crippen LogP contribution < -0.4 is 16.0 Å². The van der Waals surface area contributed by atoms with Gasteiger partial charge in [0.1, 0.15) is 54.0 Å². The number of hydrogen-bond donors (Lipinski definition) is 3. The molecule has 0 radical (unpaired) electrons. The minimum absolute atomic E-state index is 0.0310. The zero-order valence-corrected chi connectivity index (χ0v) is 67.9. The van der Waals surface area contributed by atoms with Crippen molar-refractivity contribution in [2.24, 2.45) is 41.4 Å². The van der Waals surface area contributed by atoms with Gasteiger partial charge in [-0.2, -0.15) is 22.0 Å². The van der Waals surface area contributed by atoms with Gasteiger partial charge in [-0.3, -0.25) is 57.5 Å². The number of carbonyl (C=O) groups is 12. The van der Waals surface area contributed by atoms with Gasteiger partial charge in [-0.15, -0.1) is 0 Å². The third-order valence-electron chi connectivity index (χ3n) is 24.8. The fraction of sp³-hybridized carbons (Fsp3) is 0.848. The Kier molecular flexibility index (Phi) is 34.1. The molecule has 12 atom stereocenters. The molecule has 0 aromatic carbocycles. The summed E-state index contributed by atoms with van der Waals surface area (Å²) in [5.74, 6) is -12.6. The van der Waals surface area contributed by atoms with E-state index in [9.17, 15) is 45.9 Å². The van der Waals surface area contributed by atoms with Crippen LogP contribution in [0.2, 0.25) is 0 Å². The largest absolute Gasteiger partial charge is 0.394 e. The molecule has 32 heteroatoms. The van der Waals surface area contributed by atoms with Crippen LogP contribution in [0.25, 0.3) is 0 Å². The molecule has 0 aromatic heterocycles. The van der Waals surface area contributed by atoms with E-state index in [2.05, 4.69) is 16.0 Å². The smallest absolute Gasteiger partial charge is 0.376 e. The van der Waals surface area contributed by atoms with Crippen LogP contribution in [0.4, 0.5) is 26.3 Å². The maximum atomic E-state index is 15.8. The number of fused-ring (bicyclic) bond motifs is 1. The van der Waals surface area contributed by atoms with Crippen LogP contribution in [-0.4, -0.2) is 289 Å². The molecule has 3 heterocycles. The first kappa shape index (κ1) is 91.3. The average molecular weight is 1580 g/mol. The van der Waals surface area contributed by atoms with E-state index in [1.165, 1.54) is 73.8 Å². The molecule has 0 aromatic rings. The van der Waals surface area contributed by atoms with Crippen molar-refractivity contribution in [3.8, 4) is 0 Å². The molecule has 4 aliphatic carbocycles. The lowest BCUT2D eigenvalue weighted by Crippen LogP contribution is -2.64. The zero-order valence-electron chi connectivity index (χ0n) is 67.9. The Labute approximate surface area is 652 Å². The van der Waals surface area contributed by atoms with Crippen molar-refractivity contribution in [3.63, 3.8) is 0 Å². The number of alkyl halides is 6. The maximum Gasteiger partial charge on any atom is 0.394 e. The highest BCUT2D eigenvalue weighted by molar-refractivity contribution is 6.00. The van der Waals surface area contributed by atoms with Crippen molar-refractivity contribution in [2.45, 2.75) is 294 Å². The van der Waals surface area contributed by atoms with Gasteiger partial charge in [-0.1, -0.05) is 92.9 Å². The Morgan fingerprint density at radius 2 is 1.15 bits per heavy atom. The molecule has 3 N–H and O–H groups in total.